The van der Waals surface area contributed by atoms with E-state index in [2.05, 4.69) is 5.16 Å². The summed E-state index contributed by atoms with van der Waals surface area (Å²) in [5.41, 5.74) is 0.728. The molecule has 2 fully saturated rings. The molecule has 8 nitrogen and oxygen atoms in total. The van der Waals surface area contributed by atoms with Crippen molar-refractivity contribution < 1.29 is 14.4 Å². The molecule has 0 radical (unpaired) electrons. The van der Waals surface area contributed by atoms with Crippen LogP contribution in [-0.2, 0) is 11.3 Å². The van der Waals surface area contributed by atoms with Crippen LogP contribution in [0.5, 0.6) is 0 Å². The lowest BCUT2D eigenvalue weighted by atomic mass is 10.0. The van der Waals surface area contributed by atoms with Crippen LogP contribution < -0.4 is 11.2 Å². The lowest BCUT2D eigenvalue weighted by Gasteiger charge is -2.23. The highest BCUT2D eigenvalue weighted by atomic mass is 16.6. The quantitative estimate of drug-likeness (QED) is 0.732. The van der Waals surface area contributed by atoms with E-state index in [0.717, 1.165) is 21.9 Å². The first-order valence-electron chi connectivity index (χ1n) is 9.40. The number of fused-ring (bicyclic) bond motifs is 2. The van der Waals surface area contributed by atoms with Gasteiger partial charge in [-0.05, 0) is 30.9 Å². The zero-order chi connectivity index (χ0) is 19.6. The van der Waals surface area contributed by atoms with Crippen LogP contribution in [-0.4, -0.2) is 31.6 Å². The van der Waals surface area contributed by atoms with E-state index in [0.29, 0.717) is 11.3 Å². The van der Waals surface area contributed by atoms with Crippen LogP contribution in [0.15, 0.2) is 44.6 Å². The van der Waals surface area contributed by atoms with Crippen molar-refractivity contribution in [2.24, 2.45) is 11.8 Å². The summed E-state index contributed by atoms with van der Waals surface area (Å²) in [6, 6.07) is 7.03. The van der Waals surface area contributed by atoms with E-state index >= 15 is 0 Å². The molecular formula is C20H21N3O5. The molecule has 0 amide bonds. The van der Waals surface area contributed by atoms with Gasteiger partial charge in [0.2, 0.25) is 0 Å². The molecule has 1 saturated carbocycles. The number of benzene rings is 1. The summed E-state index contributed by atoms with van der Waals surface area (Å²) in [7, 11) is 0. The molecule has 2 aromatic heterocycles. The van der Waals surface area contributed by atoms with Crippen LogP contribution in [0.4, 0.5) is 0 Å². The lowest BCUT2D eigenvalue weighted by Crippen LogP contribution is -2.42. The van der Waals surface area contributed by atoms with E-state index in [-0.39, 0.29) is 25.0 Å². The van der Waals surface area contributed by atoms with Gasteiger partial charge in [-0.15, -0.1) is 0 Å². The Morgan fingerprint density at radius 2 is 2.14 bits per heavy atom. The Morgan fingerprint density at radius 3 is 2.89 bits per heavy atom. The minimum Gasteiger partial charge on any atom is -0.393 e. The number of para-hydroxylation sites is 1. The van der Waals surface area contributed by atoms with Crippen LogP contribution in [0.3, 0.4) is 0 Å². The molecule has 1 aliphatic carbocycles. The third-order valence-corrected chi connectivity index (χ3v) is 6.24. The van der Waals surface area contributed by atoms with Crippen molar-refractivity contribution >= 4 is 11.0 Å². The fraction of sp³-hybridized carbons (Fsp3) is 0.450. The smallest absolute Gasteiger partial charge is 0.333 e. The van der Waals surface area contributed by atoms with Gasteiger partial charge in [-0.2, -0.15) is 0 Å². The number of aromatic nitrogens is 3. The van der Waals surface area contributed by atoms with Gasteiger partial charge in [0.05, 0.1) is 18.8 Å². The average molecular weight is 383 g/mol. The van der Waals surface area contributed by atoms with Crippen molar-refractivity contribution in [1.29, 1.82) is 0 Å². The molecule has 0 spiro atoms. The van der Waals surface area contributed by atoms with Crippen LogP contribution in [0, 0.1) is 18.8 Å². The summed E-state index contributed by atoms with van der Waals surface area (Å²) in [5, 5.41) is 14.5. The second kappa shape index (κ2) is 5.89. The number of aliphatic hydroxyl groups is 1. The molecule has 1 N–H and O–H groups in total. The minimum atomic E-state index is -0.537. The first-order valence-corrected chi connectivity index (χ1v) is 9.40. The number of nitrogens with zero attached hydrogens (tertiary/aromatic N) is 3. The van der Waals surface area contributed by atoms with Gasteiger partial charge in [-0.3, -0.25) is 13.9 Å². The topological polar surface area (TPSA) is 99.5 Å². The fourth-order valence-corrected chi connectivity index (χ4v) is 4.47. The van der Waals surface area contributed by atoms with E-state index in [4.69, 9.17) is 9.26 Å². The van der Waals surface area contributed by atoms with Crippen LogP contribution in [0.1, 0.15) is 30.8 Å². The number of aryl methyl sites for hydroxylation is 1. The third kappa shape index (κ3) is 2.34. The molecule has 4 atom stereocenters. The van der Waals surface area contributed by atoms with Crippen LogP contribution in [0.2, 0.25) is 0 Å². The van der Waals surface area contributed by atoms with Crippen molar-refractivity contribution in [3.05, 3.63) is 62.6 Å². The number of rotatable bonds is 4. The Morgan fingerprint density at radius 1 is 1.32 bits per heavy atom. The van der Waals surface area contributed by atoms with Gasteiger partial charge in [0.25, 0.3) is 5.56 Å². The molecule has 3 aromatic rings. The predicted molar refractivity (Wildman–Crippen MR) is 100 cm³/mol. The highest BCUT2D eigenvalue weighted by molar-refractivity contribution is 5.82. The van der Waals surface area contributed by atoms with E-state index in [1.807, 2.05) is 32.0 Å². The van der Waals surface area contributed by atoms with Crippen molar-refractivity contribution in [2.45, 2.75) is 38.6 Å². The van der Waals surface area contributed by atoms with Crippen molar-refractivity contribution in [2.75, 3.05) is 6.61 Å². The highest BCUT2D eigenvalue weighted by Crippen LogP contribution is 2.61. The molecule has 2 aliphatic rings. The Labute approximate surface area is 159 Å². The van der Waals surface area contributed by atoms with Gasteiger partial charge in [0.1, 0.15) is 11.9 Å². The number of aliphatic hydroxyl groups excluding tert-OH is 1. The second-order valence-corrected chi connectivity index (χ2v) is 7.91. The summed E-state index contributed by atoms with van der Waals surface area (Å²) in [5.74, 6) is 0.309. The molecule has 3 heterocycles. The molecule has 2 unspecified atom stereocenters. The highest BCUT2D eigenvalue weighted by Gasteiger charge is 2.66. The van der Waals surface area contributed by atoms with Gasteiger partial charge >= 0.3 is 5.69 Å². The summed E-state index contributed by atoms with van der Waals surface area (Å²) < 4.78 is 14.0. The molecule has 1 aromatic carbocycles. The molecule has 8 heteroatoms. The minimum absolute atomic E-state index is 0.0185. The molecule has 0 bridgehead atoms. The zero-order valence-corrected chi connectivity index (χ0v) is 15.7. The summed E-state index contributed by atoms with van der Waals surface area (Å²) >= 11 is 0. The second-order valence-electron chi connectivity index (χ2n) is 7.91. The number of hydrogen-bond acceptors (Lipinski definition) is 6. The van der Waals surface area contributed by atoms with Gasteiger partial charge in [0.15, 0.2) is 5.58 Å². The number of ether oxygens (including phenoxy) is 1. The Balaban J connectivity index is 1.54. The van der Waals surface area contributed by atoms with E-state index < -0.39 is 23.1 Å². The Bertz CT molecular complexity index is 1190. The summed E-state index contributed by atoms with van der Waals surface area (Å²) in [4.78, 5) is 25.5. The average Bonchev–Trinajstić information content (AvgIpc) is 3.14. The molecule has 1 saturated heterocycles. The maximum Gasteiger partial charge on any atom is 0.333 e. The Hall–Kier alpha value is -2.71. The van der Waals surface area contributed by atoms with Crippen LogP contribution in [0.25, 0.3) is 11.0 Å². The van der Waals surface area contributed by atoms with Crippen molar-refractivity contribution in [1.82, 2.24) is 14.3 Å². The molecule has 1 aliphatic heterocycles. The van der Waals surface area contributed by atoms with E-state index in [9.17, 15) is 14.7 Å². The normalized spacial score (nSPS) is 28.6. The predicted octanol–water partition coefficient (Wildman–Crippen LogP) is 1.42. The first kappa shape index (κ1) is 17.4. The van der Waals surface area contributed by atoms with Gasteiger partial charge in [0, 0.05) is 23.6 Å². The van der Waals surface area contributed by atoms with Gasteiger partial charge < -0.3 is 14.4 Å². The van der Waals surface area contributed by atoms with Gasteiger partial charge in [-0.1, -0.05) is 24.2 Å². The van der Waals surface area contributed by atoms with Gasteiger partial charge in [-0.25, -0.2) is 4.79 Å². The molecule has 5 rings (SSSR count). The molecule has 28 heavy (non-hydrogen) atoms. The maximum atomic E-state index is 13.1. The zero-order valence-electron chi connectivity index (χ0n) is 15.7. The monoisotopic (exact) mass is 383 g/mol. The van der Waals surface area contributed by atoms with E-state index in [1.165, 1.54) is 16.8 Å². The first-order chi connectivity index (χ1) is 13.4. The Kier molecular flexibility index (Phi) is 3.66. The fourth-order valence-electron chi connectivity index (χ4n) is 4.47. The standard InChI is InChI=1S/C20H21N3O5/c1-11-4-3-5-13-15(21-28-17(11)13)9-23-16(25)6-7-22(19(23)26)18-12(2)14-8-20(14,10-24)27-18/h3-7,12,14,18,24H,8-10H2,1-2H3/t12-,14?,18+,20?/m0/s1. The SMILES string of the molecule is Cc1cccc2c(Cn3c(=O)ccn([C@@H]4OC5(CO)CC5[C@@H]4C)c3=O)noc12. The van der Waals surface area contributed by atoms with Crippen molar-refractivity contribution in [3.63, 3.8) is 0 Å². The summed E-state index contributed by atoms with van der Waals surface area (Å²) in [6.07, 6.45) is 1.78. The number of hydrogen-bond donors (Lipinski definition) is 1. The largest absolute Gasteiger partial charge is 0.393 e. The van der Waals surface area contributed by atoms with Crippen LogP contribution >= 0.6 is 0 Å². The van der Waals surface area contributed by atoms with E-state index in [1.54, 1.807) is 0 Å². The lowest BCUT2D eigenvalue weighted by molar-refractivity contribution is -0.0734. The maximum absolute atomic E-state index is 13.1. The molecule has 146 valence electrons. The van der Waals surface area contributed by atoms with Crippen molar-refractivity contribution in [3.8, 4) is 0 Å². The third-order valence-electron chi connectivity index (χ3n) is 6.24. The summed E-state index contributed by atoms with van der Waals surface area (Å²) in [6.45, 7) is 3.89. The molecular weight excluding hydrogens is 362 g/mol.